The van der Waals surface area contributed by atoms with E-state index in [2.05, 4.69) is 10.6 Å². The van der Waals surface area contributed by atoms with Crippen LogP contribution in [0, 0.1) is 5.92 Å². The first-order valence-electron chi connectivity index (χ1n) is 6.81. The second-order valence-corrected chi connectivity index (χ2v) is 5.04. The summed E-state index contributed by atoms with van der Waals surface area (Å²) in [4.78, 5) is 11.4. The third-order valence-corrected chi connectivity index (χ3v) is 3.73. The summed E-state index contributed by atoms with van der Waals surface area (Å²) in [6.07, 6.45) is 5.56. The highest BCUT2D eigenvalue weighted by Crippen LogP contribution is 2.28. The van der Waals surface area contributed by atoms with Crippen molar-refractivity contribution in [2.45, 2.75) is 32.2 Å². The lowest BCUT2D eigenvalue weighted by Gasteiger charge is -2.25. The van der Waals surface area contributed by atoms with Gasteiger partial charge < -0.3 is 10.6 Å². The minimum absolute atomic E-state index is 0.0282. The van der Waals surface area contributed by atoms with E-state index < -0.39 is 0 Å². The van der Waals surface area contributed by atoms with E-state index in [1.165, 1.54) is 31.2 Å². The maximum atomic E-state index is 11.4. The normalized spacial score (nSPS) is 15.2. The number of rotatable bonds is 6. The topological polar surface area (TPSA) is 41.1 Å². The summed E-state index contributed by atoms with van der Waals surface area (Å²) in [6, 6.07) is 7.78. The van der Waals surface area contributed by atoms with Gasteiger partial charge in [-0.05, 0) is 36.6 Å². The summed E-state index contributed by atoms with van der Waals surface area (Å²) in [6.45, 7) is 1.99. The van der Waals surface area contributed by atoms with Crippen LogP contribution in [0.1, 0.15) is 41.6 Å². The van der Waals surface area contributed by atoms with Crippen LogP contribution in [0.2, 0.25) is 0 Å². The first-order chi connectivity index (χ1) is 8.79. The number of benzene rings is 1. The Balaban J connectivity index is 1.70. The van der Waals surface area contributed by atoms with Gasteiger partial charge in [-0.3, -0.25) is 4.79 Å². The van der Waals surface area contributed by atoms with Crippen LogP contribution in [0.25, 0.3) is 0 Å². The van der Waals surface area contributed by atoms with Gasteiger partial charge in [0.05, 0.1) is 0 Å². The van der Waals surface area contributed by atoms with Crippen LogP contribution in [0.15, 0.2) is 24.3 Å². The fourth-order valence-corrected chi connectivity index (χ4v) is 2.24. The first-order valence-corrected chi connectivity index (χ1v) is 6.81. The number of amides is 1. The van der Waals surface area contributed by atoms with Crippen LogP contribution < -0.4 is 10.6 Å². The minimum atomic E-state index is -0.0282. The van der Waals surface area contributed by atoms with Crippen molar-refractivity contribution in [3.8, 4) is 0 Å². The highest BCUT2D eigenvalue weighted by molar-refractivity contribution is 5.93. The van der Waals surface area contributed by atoms with Crippen molar-refractivity contribution in [3.63, 3.8) is 0 Å². The molecule has 98 valence electrons. The summed E-state index contributed by atoms with van der Waals surface area (Å²) in [7, 11) is 1.65. The fourth-order valence-electron chi connectivity index (χ4n) is 2.24. The van der Waals surface area contributed by atoms with Crippen molar-refractivity contribution in [2.75, 3.05) is 13.6 Å². The Morgan fingerprint density at radius 1 is 1.28 bits per heavy atom. The van der Waals surface area contributed by atoms with E-state index in [-0.39, 0.29) is 5.91 Å². The van der Waals surface area contributed by atoms with Gasteiger partial charge in [0.2, 0.25) is 0 Å². The van der Waals surface area contributed by atoms with Gasteiger partial charge in [-0.15, -0.1) is 0 Å². The van der Waals surface area contributed by atoms with E-state index in [1.807, 2.05) is 24.3 Å². The van der Waals surface area contributed by atoms with Gasteiger partial charge in [0, 0.05) is 19.2 Å². The van der Waals surface area contributed by atoms with Crippen LogP contribution in [0.3, 0.4) is 0 Å². The zero-order valence-corrected chi connectivity index (χ0v) is 11.0. The molecule has 0 radical (unpaired) electrons. The highest BCUT2D eigenvalue weighted by atomic mass is 16.1. The Bertz CT molecular complexity index is 382. The molecule has 1 aliphatic rings. The molecular weight excluding hydrogens is 224 g/mol. The molecule has 0 aliphatic heterocycles. The molecule has 0 unspecified atom stereocenters. The Hall–Kier alpha value is -1.35. The number of carbonyl (C=O) groups is 1. The average Bonchev–Trinajstić information content (AvgIpc) is 2.36. The van der Waals surface area contributed by atoms with E-state index in [0.29, 0.717) is 0 Å². The van der Waals surface area contributed by atoms with E-state index in [4.69, 9.17) is 0 Å². The molecule has 1 amide bonds. The largest absolute Gasteiger partial charge is 0.355 e. The van der Waals surface area contributed by atoms with Gasteiger partial charge in [0.25, 0.3) is 5.91 Å². The van der Waals surface area contributed by atoms with Crippen molar-refractivity contribution in [1.82, 2.24) is 10.6 Å². The van der Waals surface area contributed by atoms with Crippen molar-refractivity contribution < 1.29 is 4.79 Å². The summed E-state index contributed by atoms with van der Waals surface area (Å²) >= 11 is 0. The molecule has 1 saturated carbocycles. The maximum Gasteiger partial charge on any atom is 0.251 e. The molecule has 0 spiro atoms. The van der Waals surface area contributed by atoms with Gasteiger partial charge >= 0.3 is 0 Å². The van der Waals surface area contributed by atoms with Crippen LogP contribution in [-0.4, -0.2) is 19.5 Å². The van der Waals surface area contributed by atoms with Gasteiger partial charge in [-0.1, -0.05) is 31.4 Å². The lowest BCUT2D eigenvalue weighted by molar-refractivity contribution is 0.0963. The highest BCUT2D eigenvalue weighted by Gasteiger charge is 2.16. The first kappa shape index (κ1) is 13.1. The van der Waals surface area contributed by atoms with Crippen LogP contribution >= 0.6 is 0 Å². The van der Waals surface area contributed by atoms with Gasteiger partial charge in [-0.2, -0.15) is 0 Å². The van der Waals surface area contributed by atoms with E-state index in [1.54, 1.807) is 7.05 Å². The predicted molar refractivity (Wildman–Crippen MR) is 73.5 cm³/mol. The third-order valence-electron chi connectivity index (χ3n) is 3.73. The molecule has 0 aromatic heterocycles. The molecule has 0 saturated heterocycles. The predicted octanol–water partition coefficient (Wildman–Crippen LogP) is 2.33. The SMILES string of the molecule is CNC(=O)c1ccc(CNCCC2CCC2)cc1. The van der Waals surface area contributed by atoms with Gasteiger partial charge in [0.15, 0.2) is 0 Å². The Morgan fingerprint density at radius 3 is 2.56 bits per heavy atom. The molecule has 1 aromatic rings. The maximum absolute atomic E-state index is 11.4. The fraction of sp³-hybridized carbons (Fsp3) is 0.533. The zero-order chi connectivity index (χ0) is 12.8. The minimum Gasteiger partial charge on any atom is -0.355 e. The van der Waals surface area contributed by atoms with E-state index >= 15 is 0 Å². The smallest absolute Gasteiger partial charge is 0.251 e. The Labute approximate surface area is 109 Å². The molecule has 2 N–H and O–H groups in total. The monoisotopic (exact) mass is 246 g/mol. The van der Waals surface area contributed by atoms with Crippen molar-refractivity contribution >= 4 is 5.91 Å². The quantitative estimate of drug-likeness (QED) is 0.756. The van der Waals surface area contributed by atoms with Crippen molar-refractivity contribution in [1.29, 1.82) is 0 Å². The number of hydrogen-bond donors (Lipinski definition) is 2. The molecule has 1 aliphatic carbocycles. The van der Waals surface area contributed by atoms with E-state index in [9.17, 15) is 4.79 Å². The third kappa shape index (κ3) is 3.57. The lowest BCUT2D eigenvalue weighted by atomic mass is 9.83. The van der Waals surface area contributed by atoms with Crippen molar-refractivity contribution in [2.24, 2.45) is 5.92 Å². The van der Waals surface area contributed by atoms with Crippen LogP contribution in [0.5, 0.6) is 0 Å². The molecule has 0 heterocycles. The number of carbonyl (C=O) groups excluding carboxylic acids is 1. The molecular formula is C15H22N2O. The Kier molecular flexibility index (Phi) is 4.76. The number of hydrogen-bond acceptors (Lipinski definition) is 2. The second kappa shape index (κ2) is 6.55. The summed E-state index contributed by atoms with van der Waals surface area (Å²) in [5.74, 6) is 0.938. The molecule has 1 fully saturated rings. The summed E-state index contributed by atoms with van der Waals surface area (Å²) in [5, 5.41) is 6.09. The van der Waals surface area contributed by atoms with Gasteiger partial charge in [-0.25, -0.2) is 0 Å². The molecule has 0 atom stereocenters. The lowest BCUT2D eigenvalue weighted by Crippen LogP contribution is -2.21. The summed E-state index contributed by atoms with van der Waals surface area (Å²) < 4.78 is 0. The molecule has 18 heavy (non-hydrogen) atoms. The van der Waals surface area contributed by atoms with Crippen LogP contribution in [-0.2, 0) is 6.54 Å². The number of nitrogens with one attached hydrogen (secondary N) is 2. The summed E-state index contributed by atoms with van der Waals surface area (Å²) in [5.41, 5.74) is 1.95. The molecule has 1 aromatic carbocycles. The molecule has 3 nitrogen and oxygen atoms in total. The average molecular weight is 246 g/mol. The van der Waals surface area contributed by atoms with Crippen molar-refractivity contribution in [3.05, 3.63) is 35.4 Å². The Morgan fingerprint density at radius 2 is 2.00 bits per heavy atom. The van der Waals surface area contributed by atoms with Gasteiger partial charge in [0.1, 0.15) is 0 Å². The molecule has 2 rings (SSSR count). The zero-order valence-electron chi connectivity index (χ0n) is 11.0. The second-order valence-electron chi connectivity index (χ2n) is 5.04. The molecule has 0 bridgehead atoms. The van der Waals surface area contributed by atoms with Crippen LogP contribution in [0.4, 0.5) is 0 Å². The van der Waals surface area contributed by atoms with E-state index in [0.717, 1.165) is 24.6 Å². The standard InChI is InChI=1S/C15H22N2O/c1-16-15(18)14-7-5-13(6-8-14)11-17-10-9-12-3-2-4-12/h5-8,12,17H,2-4,9-11H2,1H3,(H,16,18). The molecule has 3 heteroatoms.